The van der Waals surface area contributed by atoms with Crippen LogP contribution in [-0.2, 0) is 4.74 Å². The number of nitrogens with one attached hydrogen (secondary N) is 1. The zero-order valence-corrected chi connectivity index (χ0v) is 11.3. The Kier molecular flexibility index (Phi) is 5.51. The first-order valence-electron chi connectivity index (χ1n) is 6.19. The van der Waals surface area contributed by atoms with Crippen molar-refractivity contribution in [3.05, 3.63) is 0 Å². The SMILES string of the molecule is COCC(C)N1CCC2(CCNCC2)C1.Cl. The maximum atomic E-state index is 5.24. The number of hydrogen-bond donors (Lipinski definition) is 1. The molecule has 2 fully saturated rings. The van der Waals surface area contributed by atoms with Gasteiger partial charge in [0.05, 0.1) is 6.61 Å². The molecule has 1 atom stereocenters. The van der Waals surface area contributed by atoms with E-state index < -0.39 is 0 Å². The van der Waals surface area contributed by atoms with E-state index in [4.69, 9.17) is 4.74 Å². The van der Waals surface area contributed by atoms with Gasteiger partial charge in [-0.2, -0.15) is 0 Å². The van der Waals surface area contributed by atoms with Gasteiger partial charge in [-0.1, -0.05) is 0 Å². The van der Waals surface area contributed by atoms with Crippen LogP contribution < -0.4 is 5.32 Å². The maximum absolute atomic E-state index is 5.24. The van der Waals surface area contributed by atoms with Crippen LogP contribution in [0.15, 0.2) is 0 Å². The predicted octanol–water partition coefficient (Wildman–Crippen LogP) is 1.52. The minimum atomic E-state index is 0. The molecule has 0 aliphatic carbocycles. The van der Waals surface area contributed by atoms with Crippen molar-refractivity contribution < 1.29 is 4.74 Å². The zero-order chi connectivity index (χ0) is 10.7. The second-order valence-corrected chi connectivity index (χ2v) is 5.27. The van der Waals surface area contributed by atoms with Crippen LogP contribution in [-0.4, -0.2) is 50.8 Å². The number of nitrogens with zero attached hydrogens (tertiary/aromatic N) is 1. The van der Waals surface area contributed by atoms with Crippen molar-refractivity contribution in [1.29, 1.82) is 0 Å². The molecular weight excluding hydrogens is 224 g/mol. The van der Waals surface area contributed by atoms with Crippen molar-refractivity contribution in [2.45, 2.75) is 32.2 Å². The molecule has 2 rings (SSSR count). The fraction of sp³-hybridized carbons (Fsp3) is 1.00. The van der Waals surface area contributed by atoms with E-state index in [0.717, 1.165) is 6.61 Å². The van der Waals surface area contributed by atoms with Crippen LogP contribution in [0.25, 0.3) is 0 Å². The summed E-state index contributed by atoms with van der Waals surface area (Å²) in [5, 5.41) is 3.46. The number of ether oxygens (including phenoxy) is 1. The van der Waals surface area contributed by atoms with Crippen molar-refractivity contribution in [2.75, 3.05) is 39.9 Å². The molecule has 2 heterocycles. The van der Waals surface area contributed by atoms with Gasteiger partial charge in [0.25, 0.3) is 0 Å². The van der Waals surface area contributed by atoms with Crippen LogP contribution in [0.1, 0.15) is 26.2 Å². The Hall–Kier alpha value is 0.170. The van der Waals surface area contributed by atoms with Gasteiger partial charge in [-0.25, -0.2) is 0 Å². The molecular formula is C12H25ClN2O. The molecule has 1 spiro atoms. The molecule has 2 aliphatic heterocycles. The summed E-state index contributed by atoms with van der Waals surface area (Å²) in [4.78, 5) is 2.61. The number of methoxy groups -OCH3 is 1. The molecule has 4 heteroatoms. The lowest BCUT2D eigenvalue weighted by molar-refractivity contribution is 0.100. The monoisotopic (exact) mass is 248 g/mol. The summed E-state index contributed by atoms with van der Waals surface area (Å²) < 4.78 is 5.24. The molecule has 0 saturated carbocycles. The average Bonchev–Trinajstić information content (AvgIpc) is 2.64. The van der Waals surface area contributed by atoms with Gasteiger partial charge in [-0.3, -0.25) is 4.90 Å². The van der Waals surface area contributed by atoms with Gasteiger partial charge in [-0.05, 0) is 51.2 Å². The number of halogens is 1. The molecule has 0 aromatic heterocycles. The van der Waals surface area contributed by atoms with Crippen LogP contribution in [0.2, 0.25) is 0 Å². The van der Waals surface area contributed by atoms with Crippen molar-refractivity contribution in [1.82, 2.24) is 10.2 Å². The van der Waals surface area contributed by atoms with E-state index in [1.54, 1.807) is 7.11 Å². The maximum Gasteiger partial charge on any atom is 0.0615 e. The van der Waals surface area contributed by atoms with Crippen LogP contribution in [0.3, 0.4) is 0 Å². The summed E-state index contributed by atoms with van der Waals surface area (Å²) in [5.41, 5.74) is 0.632. The summed E-state index contributed by atoms with van der Waals surface area (Å²) in [6.07, 6.45) is 4.12. The number of hydrogen-bond acceptors (Lipinski definition) is 3. The Labute approximate surface area is 105 Å². The Bertz CT molecular complexity index is 207. The summed E-state index contributed by atoms with van der Waals surface area (Å²) >= 11 is 0. The highest BCUT2D eigenvalue weighted by molar-refractivity contribution is 5.85. The topological polar surface area (TPSA) is 24.5 Å². The minimum absolute atomic E-state index is 0. The van der Waals surface area contributed by atoms with Gasteiger partial charge in [0.2, 0.25) is 0 Å². The summed E-state index contributed by atoms with van der Waals surface area (Å²) in [7, 11) is 1.80. The highest BCUT2D eigenvalue weighted by Gasteiger charge is 2.39. The lowest BCUT2D eigenvalue weighted by Gasteiger charge is -2.34. The summed E-state index contributed by atoms with van der Waals surface area (Å²) in [6, 6.07) is 0.587. The number of rotatable bonds is 3. The fourth-order valence-corrected chi connectivity index (χ4v) is 3.06. The Morgan fingerprint density at radius 3 is 2.62 bits per heavy atom. The number of piperidine rings is 1. The number of likely N-dealkylation sites (tertiary alicyclic amines) is 1. The van der Waals surface area contributed by atoms with Gasteiger partial charge in [0.1, 0.15) is 0 Å². The van der Waals surface area contributed by atoms with E-state index in [0.29, 0.717) is 11.5 Å². The van der Waals surface area contributed by atoms with Gasteiger partial charge >= 0.3 is 0 Å². The first-order valence-corrected chi connectivity index (χ1v) is 6.19. The zero-order valence-electron chi connectivity index (χ0n) is 10.5. The predicted molar refractivity (Wildman–Crippen MR) is 69.3 cm³/mol. The Morgan fingerprint density at radius 2 is 2.00 bits per heavy atom. The first kappa shape index (κ1) is 14.2. The second kappa shape index (κ2) is 6.20. The Balaban J connectivity index is 0.00000128. The molecule has 2 aliphatic rings. The van der Waals surface area contributed by atoms with Crippen molar-refractivity contribution in [3.63, 3.8) is 0 Å². The normalized spacial score (nSPS) is 26.6. The molecule has 0 aromatic rings. The molecule has 0 amide bonds. The molecule has 96 valence electrons. The molecule has 16 heavy (non-hydrogen) atoms. The molecule has 0 aromatic carbocycles. The van der Waals surface area contributed by atoms with Gasteiger partial charge in [0.15, 0.2) is 0 Å². The Morgan fingerprint density at radius 1 is 1.31 bits per heavy atom. The molecule has 1 N–H and O–H groups in total. The van der Waals surface area contributed by atoms with Gasteiger partial charge in [0, 0.05) is 19.7 Å². The highest BCUT2D eigenvalue weighted by atomic mass is 35.5. The summed E-state index contributed by atoms with van der Waals surface area (Å²) in [5.74, 6) is 0. The summed E-state index contributed by atoms with van der Waals surface area (Å²) in [6.45, 7) is 8.14. The van der Waals surface area contributed by atoms with Crippen LogP contribution >= 0.6 is 12.4 Å². The molecule has 3 nitrogen and oxygen atoms in total. The smallest absolute Gasteiger partial charge is 0.0615 e. The van der Waals surface area contributed by atoms with E-state index in [1.807, 2.05) is 0 Å². The van der Waals surface area contributed by atoms with E-state index in [1.165, 1.54) is 45.4 Å². The van der Waals surface area contributed by atoms with E-state index in [9.17, 15) is 0 Å². The quantitative estimate of drug-likeness (QED) is 0.820. The largest absolute Gasteiger partial charge is 0.383 e. The van der Waals surface area contributed by atoms with Crippen LogP contribution in [0.4, 0.5) is 0 Å². The molecule has 2 saturated heterocycles. The molecule has 0 radical (unpaired) electrons. The third kappa shape index (κ3) is 3.10. The lowest BCUT2D eigenvalue weighted by atomic mass is 9.78. The van der Waals surface area contributed by atoms with E-state index in [2.05, 4.69) is 17.1 Å². The molecule has 1 unspecified atom stereocenters. The van der Waals surface area contributed by atoms with Gasteiger partial charge in [-0.15, -0.1) is 12.4 Å². The minimum Gasteiger partial charge on any atom is -0.383 e. The van der Waals surface area contributed by atoms with Crippen molar-refractivity contribution in [3.8, 4) is 0 Å². The third-order valence-electron chi connectivity index (χ3n) is 4.16. The van der Waals surface area contributed by atoms with Crippen LogP contribution in [0, 0.1) is 5.41 Å². The second-order valence-electron chi connectivity index (χ2n) is 5.27. The molecule has 0 bridgehead atoms. The third-order valence-corrected chi connectivity index (χ3v) is 4.16. The fourth-order valence-electron chi connectivity index (χ4n) is 3.06. The first-order chi connectivity index (χ1) is 7.26. The van der Waals surface area contributed by atoms with Crippen molar-refractivity contribution in [2.24, 2.45) is 5.41 Å². The van der Waals surface area contributed by atoms with E-state index >= 15 is 0 Å². The van der Waals surface area contributed by atoms with E-state index in [-0.39, 0.29) is 12.4 Å². The standard InChI is InChI=1S/C12H24N2O.ClH/c1-11(9-15-2)14-8-5-12(10-14)3-6-13-7-4-12;/h11,13H,3-10H2,1-2H3;1H. The highest BCUT2D eigenvalue weighted by Crippen LogP contribution is 2.39. The van der Waals surface area contributed by atoms with Gasteiger partial charge < -0.3 is 10.1 Å². The average molecular weight is 249 g/mol. The van der Waals surface area contributed by atoms with Crippen molar-refractivity contribution >= 4 is 12.4 Å². The van der Waals surface area contributed by atoms with Crippen LogP contribution in [0.5, 0.6) is 0 Å². The lowest BCUT2D eigenvalue weighted by Crippen LogP contribution is -2.41.